The van der Waals surface area contributed by atoms with Crippen LogP contribution in [-0.2, 0) is 26.0 Å². The molecule has 2 aromatic carbocycles. The van der Waals surface area contributed by atoms with Gasteiger partial charge in [-0.1, -0.05) is 56.7 Å². The molecule has 0 aliphatic rings. The van der Waals surface area contributed by atoms with E-state index in [4.69, 9.17) is 15.2 Å². The molecule has 11 heteroatoms. The number of hydrogen-bond donors (Lipinski definition) is 3. The topological polar surface area (TPSA) is 148 Å². The number of aliphatic hydroxyl groups is 1. The molecule has 2 aromatic rings. The Balaban J connectivity index is 2.35. The summed E-state index contributed by atoms with van der Waals surface area (Å²) in [5, 5.41) is 13.8. The molecule has 0 radical (unpaired) electrons. The summed E-state index contributed by atoms with van der Waals surface area (Å²) in [5.41, 5.74) is 5.98. The highest BCUT2D eigenvalue weighted by Gasteiger charge is 2.32. The molecule has 2 rings (SSSR count). The zero-order chi connectivity index (χ0) is 27.6. The number of carbonyl (C=O) groups is 2. The first-order valence-electron chi connectivity index (χ1n) is 12.1. The first kappa shape index (κ1) is 30.1. The number of primary amides is 1. The van der Waals surface area contributed by atoms with Gasteiger partial charge in [0.05, 0.1) is 24.2 Å². The average molecular weight is 536 g/mol. The molecule has 0 aliphatic heterocycles. The molecular formula is C26H37N3O7S. The lowest BCUT2D eigenvalue weighted by Crippen LogP contribution is -2.52. The van der Waals surface area contributed by atoms with Crippen LogP contribution in [-0.4, -0.2) is 68.3 Å². The van der Waals surface area contributed by atoms with E-state index in [1.54, 1.807) is 12.1 Å². The molecule has 0 saturated heterocycles. The van der Waals surface area contributed by atoms with E-state index < -0.39 is 40.3 Å². The highest BCUT2D eigenvalue weighted by atomic mass is 32.2. The van der Waals surface area contributed by atoms with Gasteiger partial charge in [0, 0.05) is 19.2 Å². The van der Waals surface area contributed by atoms with Crippen molar-refractivity contribution in [2.45, 2.75) is 56.8 Å². The summed E-state index contributed by atoms with van der Waals surface area (Å²) in [6.45, 7) is 5.08. The molecule has 0 saturated carbocycles. The molecule has 0 aliphatic carbocycles. The molecule has 4 atom stereocenters. The van der Waals surface area contributed by atoms with Gasteiger partial charge in [-0.15, -0.1) is 0 Å². The van der Waals surface area contributed by atoms with Gasteiger partial charge in [0.1, 0.15) is 5.75 Å². The zero-order valence-electron chi connectivity index (χ0n) is 21.7. The molecule has 204 valence electrons. The maximum atomic E-state index is 13.6. The first-order chi connectivity index (χ1) is 17.5. The van der Waals surface area contributed by atoms with E-state index in [1.165, 1.54) is 30.5 Å². The number of nitrogens with one attached hydrogen (secondary N) is 1. The number of hydrogen-bond acceptors (Lipinski definition) is 7. The second-order valence-corrected chi connectivity index (χ2v) is 10.9. The summed E-state index contributed by atoms with van der Waals surface area (Å²) < 4.78 is 38.6. The standard InChI is InChI=1S/C26H37N3O7S/c1-5-18(2)16-29(37(33,34)22-13-9-12-21(15-22)35-4)17-24(30)23(14-20-10-7-6-8-11-20)28-26(32)36-19(3)25(27)31/h6-13,15,18-19,23-24,30H,5,14,16-17H2,1-4H3,(H2,27,31)(H,28,32)/t18-,19+,23?,24-/m1/s1. The van der Waals surface area contributed by atoms with Crippen molar-refractivity contribution < 1.29 is 32.6 Å². The minimum atomic E-state index is -4.01. The summed E-state index contributed by atoms with van der Waals surface area (Å²) in [5.74, 6) is -0.422. The molecular weight excluding hydrogens is 498 g/mol. The normalized spacial score (nSPS) is 14.9. The smallest absolute Gasteiger partial charge is 0.408 e. The molecule has 1 unspecified atom stereocenters. The van der Waals surface area contributed by atoms with Crippen LogP contribution in [0.15, 0.2) is 59.5 Å². The van der Waals surface area contributed by atoms with E-state index in [1.807, 2.05) is 44.2 Å². The van der Waals surface area contributed by atoms with E-state index >= 15 is 0 Å². The van der Waals surface area contributed by atoms with Crippen molar-refractivity contribution in [1.82, 2.24) is 9.62 Å². The third-order valence-corrected chi connectivity index (χ3v) is 7.86. The van der Waals surface area contributed by atoms with Crippen molar-refractivity contribution in [3.8, 4) is 5.75 Å². The summed E-state index contributed by atoms with van der Waals surface area (Å²) in [4.78, 5) is 23.8. The van der Waals surface area contributed by atoms with Crippen molar-refractivity contribution in [3.05, 3.63) is 60.2 Å². The van der Waals surface area contributed by atoms with Crippen molar-refractivity contribution in [2.24, 2.45) is 11.7 Å². The van der Waals surface area contributed by atoms with E-state index in [2.05, 4.69) is 5.32 Å². The number of ether oxygens (including phenoxy) is 2. The zero-order valence-corrected chi connectivity index (χ0v) is 22.5. The number of alkyl carbamates (subject to hydrolysis) is 1. The van der Waals surface area contributed by atoms with Crippen molar-refractivity contribution in [1.29, 1.82) is 0 Å². The van der Waals surface area contributed by atoms with Crippen molar-refractivity contribution in [3.63, 3.8) is 0 Å². The Morgan fingerprint density at radius 1 is 1.08 bits per heavy atom. The number of carbonyl (C=O) groups excluding carboxylic acids is 2. The Labute approximate surface area is 218 Å². The third-order valence-electron chi connectivity index (χ3n) is 6.03. The number of benzene rings is 2. The van der Waals surface area contributed by atoms with Gasteiger partial charge in [0.2, 0.25) is 10.0 Å². The van der Waals surface area contributed by atoms with E-state index in [9.17, 15) is 23.1 Å². The first-order valence-corrected chi connectivity index (χ1v) is 13.5. The highest BCUT2D eigenvalue weighted by Crippen LogP contribution is 2.23. The van der Waals surface area contributed by atoms with Gasteiger partial charge in [0.15, 0.2) is 6.10 Å². The van der Waals surface area contributed by atoms with Crippen LogP contribution in [0.25, 0.3) is 0 Å². The summed E-state index contributed by atoms with van der Waals surface area (Å²) in [6.07, 6.45) is -2.51. The second kappa shape index (κ2) is 14.0. The van der Waals surface area contributed by atoms with Crippen LogP contribution in [0, 0.1) is 5.92 Å². The van der Waals surface area contributed by atoms with E-state index in [-0.39, 0.29) is 30.3 Å². The molecule has 10 nitrogen and oxygen atoms in total. The predicted molar refractivity (Wildman–Crippen MR) is 139 cm³/mol. The fraction of sp³-hybridized carbons (Fsp3) is 0.462. The number of nitrogens with zero attached hydrogens (tertiary/aromatic N) is 1. The SMILES string of the molecule is CC[C@@H](C)CN(C[C@@H](O)C(Cc1ccccc1)NC(=O)O[C@@H](C)C(N)=O)S(=O)(=O)c1cccc(OC)c1. The number of rotatable bonds is 14. The van der Waals surface area contributed by atoms with Crippen LogP contribution < -0.4 is 15.8 Å². The molecule has 0 aromatic heterocycles. The van der Waals surface area contributed by atoms with Gasteiger partial charge in [-0.2, -0.15) is 4.31 Å². The van der Waals surface area contributed by atoms with Crippen LogP contribution >= 0.6 is 0 Å². The Morgan fingerprint density at radius 3 is 2.35 bits per heavy atom. The molecule has 2 amide bonds. The monoisotopic (exact) mass is 535 g/mol. The molecule has 4 N–H and O–H groups in total. The Hall–Kier alpha value is -3.15. The lowest BCUT2D eigenvalue weighted by molar-refractivity contribution is -0.125. The number of nitrogens with two attached hydrogens (primary N) is 1. The third kappa shape index (κ3) is 9.03. The lowest BCUT2D eigenvalue weighted by Gasteiger charge is -2.31. The fourth-order valence-electron chi connectivity index (χ4n) is 3.55. The van der Waals surface area contributed by atoms with Gasteiger partial charge in [-0.3, -0.25) is 4.79 Å². The molecule has 0 heterocycles. The lowest BCUT2D eigenvalue weighted by atomic mass is 10.0. The molecule has 0 fully saturated rings. The Kier molecular flexibility index (Phi) is 11.4. The average Bonchev–Trinajstić information content (AvgIpc) is 2.88. The predicted octanol–water partition coefficient (Wildman–Crippen LogP) is 2.30. The number of aliphatic hydroxyl groups excluding tert-OH is 1. The minimum Gasteiger partial charge on any atom is -0.497 e. The van der Waals surface area contributed by atoms with E-state index in [0.29, 0.717) is 5.75 Å². The van der Waals surface area contributed by atoms with Crippen LogP contribution in [0.3, 0.4) is 0 Å². The van der Waals surface area contributed by atoms with Crippen LogP contribution in [0.5, 0.6) is 5.75 Å². The highest BCUT2D eigenvalue weighted by molar-refractivity contribution is 7.89. The summed E-state index contributed by atoms with van der Waals surface area (Å²) in [6, 6.07) is 14.3. The summed E-state index contributed by atoms with van der Waals surface area (Å²) in [7, 11) is -2.56. The fourth-order valence-corrected chi connectivity index (χ4v) is 5.16. The van der Waals surface area contributed by atoms with Gasteiger partial charge in [0.25, 0.3) is 5.91 Å². The Morgan fingerprint density at radius 2 is 1.76 bits per heavy atom. The Bertz CT molecular complexity index is 1130. The van der Waals surface area contributed by atoms with Crippen LogP contribution in [0.2, 0.25) is 0 Å². The molecule has 0 spiro atoms. The molecule has 37 heavy (non-hydrogen) atoms. The number of methoxy groups -OCH3 is 1. The second-order valence-electron chi connectivity index (χ2n) is 8.97. The number of amides is 2. The molecule has 0 bridgehead atoms. The number of sulfonamides is 1. The van der Waals surface area contributed by atoms with Crippen LogP contribution in [0.4, 0.5) is 4.79 Å². The largest absolute Gasteiger partial charge is 0.497 e. The quantitative estimate of drug-likeness (QED) is 0.336. The van der Waals surface area contributed by atoms with Gasteiger partial charge >= 0.3 is 6.09 Å². The summed E-state index contributed by atoms with van der Waals surface area (Å²) >= 11 is 0. The van der Waals surface area contributed by atoms with Gasteiger partial charge in [-0.05, 0) is 37.0 Å². The minimum absolute atomic E-state index is 0.00879. The maximum absolute atomic E-state index is 13.6. The van der Waals surface area contributed by atoms with Crippen molar-refractivity contribution >= 4 is 22.0 Å². The van der Waals surface area contributed by atoms with Gasteiger partial charge in [-0.25, -0.2) is 13.2 Å². The maximum Gasteiger partial charge on any atom is 0.408 e. The van der Waals surface area contributed by atoms with Gasteiger partial charge < -0.3 is 25.6 Å². The van der Waals surface area contributed by atoms with E-state index in [0.717, 1.165) is 12.0 Å². The van der Waals surface area contributed by atoms with Crippen molar-refractivity contribution in [2.75, 3.05) is 20.2 Å². The van der Waals surface area contributed by atoms with Crippen LogP contribution in [0.1, 0.15) is 32.8 Å².